The fraction of sp³-hybridized carbons (Fsp3) is 0.150. The minimum absolute atomic E-state index is 0.0402. The summed E-state index contributed by atoms with van der Waals surface area (Å²) in [5.41, 5.74) is -0.456. The number of hydrogen-bond acceptors (Lipinski definition) is 4. The van der Waals surface area contributed by atoms with Gasteiger partial charge in [0.05, 0.1) is 29.7 Å². The van der Waals surface area contributed by atoms with Crippen LogP contribution in [0.5, 0.6) is 0 Å². The molecule has 0 aliphatic rings. The van der Waals surface area contributed by atoms with E-state index in [1.807, 2.05) is 0 Å². The van der Waals surface area contributed by atoms with E-state index in [2.05, 4.69) is 10.0 Å². The number of nitrogens with one attached hydrogen (secondary N) is 2. The molecule has 0 spiro atoms. The number of benzene rings is 2. The van der Waals surface area contributed by atoms with E-state index >= 15 is 0 Å². The van der Waals surface area contributed by atoms with Gasteiger partial charge in [0, 0.05) is 5.69 Å². The lowest BCUT2D eigenvalue weighted by Gasteiger charge is -2.10. The first-order chi connectivity index (χ1) is 14.1. The summed E-state index contributed by atoms with van der Waals surface area (Å²) in [5, 5.41) is 2.50. The molecule has 3 aromatic rings. The molecule has 0 radical (unpaired) electrons. The molecule has 1 amide bonds. The van der Waals surface area contributed by atoms with Crippen LogP contribution in [0.1, 0.15) is 16.9 Å². The fourth-order valence-corrected chi connectivity index (χ4v) is 3.69. The Morgan fingerprint density at radius 1 is 1.00 bits per heavy atom. The Morgan fingerprint density at radius 3 is 2.47 bits per heavy atom. The van der Waals surface area contributed by atoms with Crippen molar-refractivity contribution in [3.8, 4) is 0 Å². The van der Waals surface area contributed by atoms with E-state index < -0.39 is 27.7 Å². The quantitative estimate of drug-likeness (QED) is 0.585. The third-order valence-corrected chi connectivity index (χ3v) is 5.46. The summed E-state index contributed by atoms with van der Waals surface area (Å²) in [4.78, 5) is 12.1. The summed E-state index contributed by atoms with van der Waals surface area (Å²) in [6, 6.07) is 13.2. The predicted molar refractivity (Wildman–Crippen MR) is 103 cm³/mol. The molecular weight excluding hydrogens is 421 g/mol. The third-order valence-electron chi connectivity index (χ3n) is 4.06. The number of carbonyl (C=O) groups is 1. The molecule has 1 aromatic heterocycles. The Labute approximate surface area is 170 Å². The summed E-state index contributed by atoms with van der Waals surface area (Å²) >= 11 is 0. The van der Waals surface area contributed by atoms with Gasteiger partial charge >= 0.3 is 6.18 Å². The van der Waals surface area contributed by atoms with E-state index in [9.17, 15) is 26.4 Å². The summed E-state index contributed by atoms with van der Waals surface area (Å²) in [6.07, 6.45) is -3.38. The van der Waals surface area contributed by atoms with Gasteiger partial charge in [-0.2, -0.15) is 13.2 Å². The molecule has 0 saturated heterocycles. The van der Waals surface area contributed by atoms with Gasteiger partial charge < -0.3 is 9.73 Å². The van der Waals surface area contributed by atoms with Gasteiger partial charge in [0.1, 0.15) is 5.76 Å². The number of sulfonamides is 1. The van der Waals surface area contributed by atoms with Crippen molar-refractivity contribution in [1.29, 1.82) is 0 Å². The first-order valence-electron chi connectivity index (χ1n) is 8.71. The van der Waals surface area contributed by atoms with Crippen LogP contribution in [0.4, 0.5) is 18.9 Å². The molecule has 2 aromatic carbocycles. The predicted octanol–water partition coefficient (Wildman–Crippen LogP) is 3.96. The van der Waals surface area contributed by atoms with E-state index in [4.69, 9.17) is 4.42 Å². The number of rotatable bonds is 7. The highest BCUT2D eigenvalue weighted by atomic mass is 32.2. The van der Waals surface area contributed by atoms with Crippen molar-refractivity contribution in [3.63, 3.8) is 0 Å². The first-order valence-corrected chi connectivity index (χ1v) is 10.2. The van der Waals surface area contributed by atoms with Crippen molar-refractivity contribution in [2.75, 3.05) is 5.32 Å². The zero-order valence-corrected chi connectivity index (χ0v) is 16.3. The standard InChI is InChI=1S/C20H17F3N2O4S/c21-20(22,23)15-5-1-4-14(10-15)11-19(26)25-16-6-2-8-18(12-16)30(27,28)24-13-17-7-3-9-29-17/h1-10,12,24H,11,13H2,(H,25,26). The van der Waals surface area contributed by atoms with Crippen molar-refractivity contribution in [2.45, 2.75) is 24.0 Å². The Hall–Kier alpha value is -3.11. The van der Waals surface area contributed by atoms with Crippen LogP contribution in [-0.4, -0.2) is 14.3 Å². The molecule has 10 heteroatoms. The van der Waals surface area contributed by atoms with Crippen LogP contribution in [0.2, 0.25) is 0 Å². The Morgan fingerprint density at radius 2 is 1.77 bits per heavy atom. The maximum atomic E-state index is 12.8. The minimum atomic E-state index is -4.50. The Kier molecular flexibility index (Phi) is 6.28. The van der Waals surface area contributed by atoms with Crippen LogP contribution in [-0.2, 0) is 34.0 Å². The normalized spacial score (nSPS) is 12.0. The summed E-state index contributed by atoms with van der Waals surface area (Å²) in [7, 11) is -3.86. The molecule has 0 fully saturated rings. The molecule has 2 N–H and O–H groups in total. The summed E-state index contributed by atoms with van der Waals surface area (Å²) in [5.74, 6) is -0.142. The first kappa shape index (κ1) is 21.6. The lowest BCUT2D eigenvalue weighted by Crippen LogP contribution is -2.23. The number of carbonyl (C=O) groups excluding carboxylic acids is 1. The van der Waals surface area contributed by atoms with Gasteiger partial charge in [-0.1, -0.05) is 24.3 Å². The second-order valence-electron chi connectivity index (χ2n) is 6.35. The molecule has 0 saturated carbocycles. The highest BCUT2D eigenvalue weighted by Crippen LogP contribution is 2.29. The van der Waals surface area contributed by atoms with E-state index in [0.717, 1.165) is 12.1 Å². The van der Waals surface area contributed by atoms with Gasteiger partial charge in [-0.15, -0.1) is 0 Å². The van der Waals surface area contributed by atoms with Crippen LogP contribution in [0.3, 0.4) is 0 Å². The lowest BCUT2D eigenvalue weighted by atomic mass is 10.1. The SMILES string of the molecule is O=C(Cc1cccc(C(F)(F)F)c1)Nc1cccc(S(=O)(=O)NCc2ccco2)c1. The highest BCUT2D eigenvalue weighted by Gasteiger charge is 2.30. The third kappa shape index (κ3) is 5.71. The van der Waals surface area contributed by atoms with Crippen molar-refractivity contribution in [1.82, 2.24) is 4.72 Å². The van der Waals surface area contributed by atoms with Crippen molar-refractivity contribution in [3.05, 3.63) is 83.8 Å². The van der Waals surface area contributed by atoms with Crippen molar-refractivity contribution < 1.29 is 30.8 Å². The van der Waals surface area contributed by atoms with Gasteiger partial charge in [0.15, 0.2) is 0 Å². The van der Waals surface area contributed by atoms with Crippen LogP contribution < -0.4 is 10.0 Å². The average Bonchev–Trinajstić information content (AvgIpc) is 3.20. The number of alkyl halides is 3. The van der Waals surface area contributed by atoms with Crippen LogP contribution in [0.25, 0.3) is 0 Å². The van der Waals surface area contributed by atoms with Gasteiger partial charge in [-0.3, -0.25) is 4.79 Å². The van der Waals surface area contributed by atoms with Crippen LogP contribution in [0.15, 0.2) is 76.2 Å². The number of furan rings is 1. The van der Waals surface area contributed by atoms with E-state index in [1.54, 1.807) is 12.1 Å². The molecule has 0 aliphatic carbocycles. The van der Waals surface area contributed by atoms with E-state index in [-0.39, 0.29) is 29.1 Å². The van der Waals surface area contributed by atoms with Crippen LogP contribution >= 0.6 is 0 Å². The topological polar surface area (TPSA) is 88.4 Å². The lowest BCUT2D eigenvalue weighted by molar-refractivity contribution is -0.137. The molecule has 6 nitrogen and oxygen atoms in total. The second-order valence-corrected chi connectivity index (χ2v) is 8.12. The van der Waals surface area contributed by atoms with E-state index in [1.165, 1.54) is 42.7 Å². The van der Waals surface area contributed by atoms with E-state index in [0.29, 0.717) is 5.76 Å². The van der Waals surface area contributed by atoms with Crippen LogP contribution in [0, 0.1) is 0 Å². The summed E-state index contributed by atoms with van der Waals surface area (Å²) < 4.78 is 70.7. The molecule has 3 rings (SSSR count). The van der Waals surface area contributed by atoms with Gasteiger partial charge in [0.2, 0.25) is 15.9 Å². The number of hydrogen-bond donors (Lipinski definition) is 2. The Balaban J connectivity index is 1.67. The maximum Gasteiger partial charge on any atom is 0.416 e. The average molecular weight is 438 g/mol. The number of amides is 1. The molecule has 0 bridgehead atoms. The van der Waals surface area contributed by atoms with Crippen molar-refractivity contribution in [2.24, 2.45) is 0 Å². The molecule has 0 atom stereocenters. The largest absolute Gasteiger partial charge is 0.468 e. The van der Waals surface area contributed by atoms with Gasteiger partial charge in [-0.05, 0) is 42.0 Å². The summed E-state index contributed by atoms with van der Waals surface area (Å²) in [6.45, 7) is -0.0402. The zero-order chi connectivity index (χ0) is 21.8. The minimum Gasteiger partial charge on any atom is -0.468 e. The second kappa shape index (κ2) is 8.72. The molecule has 1 heterocycles. The smallest absolute Gasteiger partial charge is 0.416 e. The molecule has 0 aliphatic heterocycles. The number of halogens is 3. The Bertz CT molecular complexity index is 1130. The van der Waals surface area contributed by atoms with Gasteiger partial charge in [0.25, 0.3) is 0 Å². The monoisotopic (exact) mass is 438 g/mol. The molecule has 0 unspecified atom stereocenters. The zero-order valence-electron chi connectivity index (χ0n) is 15.4. The number of anilines is 1. The van der Waals surface area contributed by atoms with Crippen molar-refractivity contribution >= 4 is 21.6 Å². The fourth-order valence-electron chi connectivity index (χ4n) is 2.65. The molecule has 30 heavy (non-hydrogen) atoms. The molecule has 158 valence electrons. The highest BCUT2D eigenvalue weighted by molar-refractivity contribution is 7.89. The maximum absolute atomic E-state index is 12.8. The molecular formula is C20H17F3N2O4S. The van der Waals surface area contributed by atoms with Gasteiger partial charge in [-0.25, -0.2) is 13.1 Å².